The van der Waals surface area contributed by atoms with Gasteiger partial charge in [-0.1, -0.05) is 31.9 Å². The number of halogens is 2. The number of carbonyl (C=O) groups excluding carboxylic acids is 1. The molecule has 2 aromatic rings. The molecule has 0 saturated carbocycles. The molecule has 0 radical (unpaired) electrons. The minimum Gasteiger partial charge on any atom is -0.324 e. The molecule has 0 fully saturated rings. The third kappa shape index (κ3) is 5.16. The summed E-state index contributed by atoms with van der Waals surface area (Å²) >= 11 is 6.65. The predicted molar refractivity (Wildman–Crippen MR) is 101 cm³/mol. The third-order valence-electron chi connectivity index (χ3n) is 3.00. The molecule has 0 atom stereocenters. The maximum Gasteiger partial charge on any atom is 0.253 e. The number of nitrogens with zero attached hydrogens (tertiary/aromatic N) is 2. The van der Waals surface area contributed by atoms with Gasteiger partial charge in [0.2, 0.25) is 0 Å². The number of nitrogens with one attached hydrogen (secondary N) is 1. The Morgan fingerprint density at radius 1 is 1.04 bits per heavy atom. The van der Waals surface area contributed by atoms with Crippen LogP contribution in [0.25, 0.3) is 0 Å². The van der Waals surface area contributed by atoms with E-state index < -0.39 is 0 Å². The third-order valence-corrected chi connectivity index (χ3v) is 4.05. The summed E-state index contributed by atoms with van der Waals surface area (Å²) in [6.45, 7) is 1.86. The van der Waals surface area contributed by atoms with Gasteiger partial charge in [0.15, 0.2) is 0 Å². The Morgan fingerprint density at radius 2 is 1.57 bits per heavy atom. The molecule has 0 aromatic heterocycles. The van der Waals surface area contributed by atoms with Crippen molar-refractivity contribution in [2.24, 2.45) is 10.9 Å². The number of amides is 1. The first kappa shape index (κ1) is 17.7. The zero-order chi connectivity index (χ0) is 16.8. The van der Waals surface area contributed by atoms with Crippen molar-refractivity contribution in [2.75, 3.05) is 10.4 Å². The normalized spacial score (nSPS) is 13.3. The lowest BCUT2D eigenvalue weighted by Crippen LogP contribution is -2.19. The lowest BCUT2D eigenvalue weighted by atomic mass is 10.3. The maximum absolute atomic E-state index is 11.5. The maximum atomic E-state index is 11.5. The molecule has 23 heavy (non-hydrogen) atoms. The minimum atomic E-state index is 0.0322. The van der Waals surface area contributed by atoms with Crippen molar-refractivity contribution in [1.29, 1.82) is 0 Å². The molecule has 3 rings (SSSR count). The highest BCUT2D eigenvalue weighted by atomic mass is 79.9. The van der Waals surface area contributed by atoms with Crippen LogP contribution in [-0.4, -0.2) is 11.6 Å². The highest BCUT2D eigenvalue weighted by Crippen LogP contribution is 2.22. The number of nitrogen functional groups attached to an aromatic ring is 1. The second-order valence-electron chi connectivity index (χ2n) is 4.85. The monoisotopic (exact) mass is 438 g/mol. The molecule has 1 amide bonds. The summed E-state index contributed by atoms with van der Waals surface area (Å²) in [6, 6.07) is 15.2. The molecule has 0 spiro atoms. The van der Waals surface area contributed by atoms with Gasteiger partial charge in [-0.05, 0) is 55.5 Å². The molecular weight excluding hydrogens is 424 g/mol. The minimum absolute atomic E-state index is 0.0322. The Kier molecular flexibility index (Phi) is 6.32. The average molecular weight is 440 g/mol. The summed E-state index contributed by atoms with van der Waals surface area (Å²) in [6.07, 6.45) is 0.427. The summed E-state index contributed by atoms with van der Waals surface area (Å²) in [5, 5.41) is 5.60. The number of carbonyl (C=O) groups is 1. The van der Waals surface area contributed by atoms with Crippen molar-refractivity contribution in [1.82, 2.24) is 0 Å². The molecule has 0 aliphatic carbocycles. The number of rotatable bonds is 2. The predicted octanol–water partition coefficient (Wildman–Crippen LogP) is 4.30. The van der Waals surface area contributed by atoms with Crippen LogP contribution in [0.5, 0.6) is 0 Å². The van der Waals surface area contributed by atoms with Crippen molar-refractivity contribution in [3.8, 4) is 0 Å². The summed E-state index contributed by atoms with van der Waals surface area (Å²) < 4.78 is 2.05. The molecular formula is C16H16Br2N4O. The van der Waals surface area contributed by atoms with Crippen molar-refractivity contribution < 1.29 is 4.79 Å². The number of hydrazone groups is 1. The van der Waals surface area contributed by atoms with Crippen LogP contribution in [0.4, 0.5) is 11.4 Å². The van der Waals surface area contributed by atoms with Crippen molar-refractivity contribution in [3.63, 3.8) is 0 Å². The molecule has 2 aromatic carbocycles. The Morgan fingerprint density at radius 3 is 2.00 bits per heavy atom. The van der Waals surface area contributed by atoms with Gasteiger partial charge in [0.1, 0.15) is 0 Å². The number of benzene rings is 2. The van der Waals surface area contributed by atoms with Gasteiger partial charge < -0.3 is 5.43 Å². The SMILES string of the molecule is CC1=NN(c2ccc(Br)cc2)C(=O)C1.NNc1ccc(Br)cc1. The van der Waals surface area contributed by atoms with Crippen LogP contribution < -0.4 is 16.3 Å². The Bertz CT molecular complexity index is 699. The van der Waals surface area contributed by atoms with E-state index in [4.69, 9.17) is 5.84 Å². The van der Waals surface area contributed by atoms with E-state index in [1.54, 1.807) is 0 Å². The quantitative estimate of drug-likeness (QED) is 0.541. The number of anilines is 2. The van der Waals surface area contributed by atoms with E-state index in [0.29, 0.717) is 6.42 Å². The van der Waals surface area contributed by atoms with E-state index in [9.17, 15) is 4.79 Å². The standard InChI is InChI=1S/C10H9BrN2O.C6H7BrN2/c1-7-6-10(14)13(12-7)9-4-2-8(11)3-5-9;7-5-1-3-6(9-8)4-2-5/h2-5H,6H2,1H3;1-4,9H,8H2. The van der Waals surface area contributed by atoms with Gasteiger partial charge in [-0.3, -0.25) is 10.6 Å². The van der Waals surface area contributed by atoms with Crippen LogP contribution in [-0.2, 0) is 4.79 Å². The highest BCUT2D eigenvalue weighted by molar-refractivity contribution is 9.10. The molecule has 1 heterocycles. The van der Waals surface area contributed by atoms with Gasteiger partial charge in [0.05, 0.1) is 12.1 Å². The Balaban J connectivity index is 0.000000185. The molecule has 0 unspecified atom stereocenters. The van der Waals surface area contributed by atoms with Crippen LogP contribution >= 0.6 is 31.9 Å². The molecule has 0 saturated heterocycles. The smallest absolute Gasteiger partial charge is 0.253 e. The van der Waals surface area contributed by atoms with Crippen LogP contribution in [0.2, 0.25) is 0 Å². The molecule has 1 aliphatic heterocycles. The van der Waals surface area contributed by atoms with Gasteiger partial charge in [-0.25, -0.2) is 5.01 Å². The fourth-order valence-electron chi connectivity index (χ4n) is 1.89. The second kappa shape index (κ2) is 8.24. The largest absolute Gasteiger partial charge is 0.324 e. The number of hydrogen-bond donors (Lipinski definition) is 2. The van der Waals surface area contributed by atoms with Gasteiger partial charge in [0, 0.05) is 20.3 Å². The summed E-state index contributed by atoms with van der Waals surface area (Å²) in [7, 11) is 0. The molecule has 3 N–H and O–H groups in total. The summed E-state index contributed by atoms with van der Waals surface area (Å²) in [5.74, 6) is 5.17. The molecule has 120 valence electrons. The number of nitrogens with two attached hydrogens (primary N) is 1. The van der Waals surface area contributed by atoms with Crippen LogP contribution in [0, 0.1) is 0 Å². The second-order valence-corrected chi connectivity index (χ2v) is 6.68. The zero-order valence-corrected chi connectivity index (χ0v) is 15.6. The average Bonchev–Trinajstić information content (AvgIpc) is 2.88. The van der Waals surface area contributed by atoms with E-state index in [-0.39, 0.29) is 5.91 Å². The van der Waals surface area contributed by atoms with E-state index in [1.165, 1.54) is 5.01 Å². The lowest BCUT2D eigenvalue weighted by molar-refractivity contribution is -0.116. The lowest BCUT2D eigenvalue weighted by Gasteiger charge is -2.11. The Hall–Kier alpha value is -1.70. The van der Waals surface area contributed by atoms with E-state index in [1.807, 2.05) is 55.5 Å². The molecule has 5 nitrogen and oxygen atoms in total. The summed E-state index contributed by atoms with van der Waals surface area (Å²) in [5.41, 5.74) is 5.12. The topological polar surface area (TPSA) is 70.7 Å². The fourth-order valence-corrected chi connectivity index (χ4v) is 2.41. The number of hydrogen-bond acceptors (Lipinski definition) is 4. The zero-order valence-electron chi connectivity index (χ0n) is 12.5. The van der Waals surface area contributed by atoms with E-state index in [0.717, 1.165) is 26.0 Å². The van der Waals surface area contributed by atoms with Crippen LogP contribution in [0.1, 0.15) is 13.3 Å². The highest BCUT2D eigenvalue weighted by Gasteiger charge is 2.22. The van der Waals surface area contributed by atoms with Crippen LogP contribution in [0.15, 0.2) is 62.6 Å². The Labute approximate surface area is 151 Å². The van der Waals surface area contributed by atoms with Crippen molar-refractivity contribution in [2.45, 2.75) is 13.3 Å². The van der Waals surface area contributed by atoms with E-state index >= 15 is 0 Å². The van der Waals surface area contributed by atoms with Gasteiger partial charge in [-0.15, -0.1) is 0 Å². The first-order valence-electron chi connectivity index (χ1n) is 6.84. The van der Waals surface area contributed by atoms with Gasteiger partial charge in [0.25, 0.3) is 5.91 Å². The fraction of sp³-hybridized carbons (Fsp3) is 0.125. The first-order chi connectivity index (χ1) is 11.0. The molecule has 7 heteroatoms. The van der Waals surface area contributed by atoms with Crippen molar-refractivity contribution >= 4 is 54.9 Å². The van der Waals surface area contributed by atoms with E-state index in [2.05, 4.69) is 42.4 Å². The molecule has 0 bridgehead atoms. The van der Waals surface area contributed by atoms with Crippen LogP contribution in [0.3, 0.4) is 0 Å². The van der Waals surface area contributed by atoms with Gasteiger partial charge >= 0.3 is 0 Å². The number of hydrazine groups is 1. The molecule has 1 aliphatic rings. The summed E-state index contributed by atoms with van der Waals surface area (Å²) in [4.78, 5) is 11.5. The van der Waals surface area contributed by atoms with Crippen molar-refractivity contribution in [3.05, 3.63) is 57.5 Å². The van der Waals surface area contributed by atoms with Gasteiger partial charge in [-0.2, -0.15) is 5.10 Å². The first-order valence-corrected chi connectivity index (χ1v) is 8.43.